The normalized spacial score (nSPS) is 18.0. The molecule has 6 nitrogen and oxygen atoms in total. The minimum absolute atomic E-state index is 0.252. The molecule has 1 aliphatic heterocycles. The van der Waals surface area contributed by atoms with Crippen LogP contribution in [0.15, 0.2) is 12.1 Å². The number of aryl methyl sites for hydroxylation is 1. The van der Waals surface area contributed by atoms with E-state index in [1.807, 2.05) is 6.07 Å². The van der Waals surface area contributed by atoms with E-state index < -0.39 is 12.0 Å². The minimum atomic E-state index is -0.547. The van der Waals surface area contributed by atoms with E-state index >= 15 is 0 Å². The van der Waals surface area contributed by atoms with Crippen molar-refractivity contribution in [2.24, 2.45) is 0 Å². The van der Waals surface area contributed by atoms with E-state index in [1.54, 1.807) is 13.0 Å². The van der Waals surface area contributed by atoms with Crippen LogP contribution in [0.3, 0.4) is 0 Å². The highest BCUT2D eigenvalue weighted by Crippen LogP contribution is 2.20. The highest BCUT2D eigenvalue weighted by Gasteiger charge is 2.33. The quantitative estimate of drug-likeness (QED) is 0.768. The lowest BCUT2D eigenvalue weighted by atomic mass is 10.0. The van der Waals surface area contributed by atoms with Gasteiger partial charge in [-0.2, -0.15) is 5.26 Å². The smallest absolute Gasteiger partial charge is 0.328 e. The monoisotopic (exact) mass is 287 g/mol. The summed E-state index contributed by atoms with van der Waals surface area (Å²) in [4.78, 5) is 30.0. The number of nitrogens with zero attached hydrogens (tertiary/aromatic N) is 3. The van der Waals surface area contributed by atoms with Crippen LogP contribution < -0.4 is 0 Å². The molecule has 6 heteroatoms. The van der Waals surface area contributed by atoms with Crippen LogP contribution in [-0.4, -0.2) is 41.5 Å². The van der Waals surface area contributed by atoms with Crippen molar-refractivity contribution in [2.45, 2.75) is 32.2 Å². The molecule has 110 valence electrons. The Labute approximate surface area is 123 Å². The Balaban J connectivity index is 2.27. The predicted molar refractivity (Wildman–Crippen MR) is 74.4 cm³/mol. The second-order valence-corrected chi connectivity index (χ2v) is 4.97. The van der Waals surface area contributed by atoms with Crippen LogP contribution >= 0.6 is 0 Å². The standard InChI is InChI=1S/C15H17N3O3/c1-10-11(9-16)6-7-12(17-10)14(19)18-8-4-3-5-13(18)15(20)21-2/h6-7,13H,3-5,8H2,1-2H3. The summed E-state index contributed by atoms with van der Waals surface area (Å²) in [5.41, 5.74) is 1.20. The van der Waals surface area contributed by atoms with E-state index in [9.17, 15) is 9.59 Å². The number of pyridine rings is 1. The van der Waals surface area contributed by atoms with Crippen LogP contribution in [0.25, 0.3) is 0 Å². The molecule has 0 bridgehead atoms. The Morgan fingerprint density at radius 2 is 2.19 bits per heavy atom. The van der Waals surface area contributed by atoms with Gasteiger partial charge in [0.2, 0.25) is 0 Å². The first kappa shape index (κ1) is 15.0. The number of carbonyl (C=O) groups excluding carboxylic acids is 2. The van der Waals surface area contributed by atoms with Gasteiger partial charge in [-0.25, -0.2) is 9.78 Å². The molecule has 2 heterocycles. The number of amides is 1. The molecule has 1 fully saturated rings. The summed E-state index contributed by atoms with van der Waals surface area (Å²) in [5, 5.41) is 8.90. The van der Waals surface area contributed by atoms with Gasteiger partial charge in [-0.1, -0.05) is 0 Å². The van der Waals surface area contributed by atoms with Gasteiger partial charge in [-0.3, -0.25) is 4.79 Å². The minimum Gasteiger partial charge on any atom is -0.467 e. The Kier molecular flexibility index (Phi) is 4.53. The maximum atomic E-state index is 12.6. The Morgan fingerprint density at radius 3 is 2.81 bits per heavy atom. The summed E-state index contributed by atoms with van der Waals surface area (Å²) < 4.78 is 4.77. The molecule has 0 saturated carbocycles. The summed E-state index contributed by atoms with van der Waals surface area (Å²) in [7, 11) is 1.32. The highest BCUT2D eigenvalue weighted by molar-refractivity contribution is 5.95. The van der Waals surface area contributed by atoms with Gasteiger partial charge in [-0.05, 0) is 38.3 Å². The molecule has 0 radical (unpaired) electrons. The van der Waals surface area contributed by atoms with Crippen molar-refractivity contribution >= 4 is 11.9 Å². The number of carbonyl (C=O) groups is 2. The van der Waals surface area contributed by atoms with E-state index in [0.29, 0.717) is 24.2 Å². The molecular formula is C15H17N3O3. The highest BCUT2D eigenvalue weighted by atomic mass is 16.5. The van der Waals surface area contributed by atoms with Crippen molar-refractivity contribution in [2.75, 3.05) is 13.7 Å². The maximum absolute atomic E-state index is 12.6. The van der Waals surface area contributed by atoms with Crippen LogP contribution in [0.2, 0.25) is 0 Å². The number of ether oxygens (including phenoxy) is 1. The third-order valence-electron chi connectivity index (χ3n) is 3.66. The van der Waals surface area contributed by atoms with Crippen molar-refractivity contribution in [3.8, 4) is 6.07 Å². The average molecular weight is 287 g/mol. The van der Waals surface area contributed by atoms with Gasteiger partial charge < -0.3 is 9.64 Å². The first-order chi connectivity index (χ1) is 10.1. The molecule has 1 aliphatic rings. The van der Waals surface area contributed by atoms with Crippen LogP contribution in [0.5, 0.6) is 0 Å². The summed E-state index contributed by atoms with van der Waals surface area (Å²) in [6.45, 7) is 2.20. The van der Waals surface area contributed by atoms with Crippen molar-refractivity contribution in [1.82, 2.24) is 9.88 Å². The second-order valence-electron chi connectivity index (χ2n) is 4.97. The zero-order chi connectivity index (χ0) is 15.4. The van der Waals surface area contributed by atoms with E-state index in [2.05, 4.69) is 4.98 Å². The number of nitriles is 1. The van der Waals surface area contributed by atoms with Crippen molar-refractivity contribution in [1.29, 1.82) is 5.26 Å². The van der Waals surface area contributed by atoms with Gasteiger partial charge in [0, 0.05) is 6.54 Å². The second kappa shape index (κ2) is 6.35. The largest absolute Gasteiger partial charge is 0.467 e. The van der Waals surface area contributed by atoms with Crippen LogP contribution in [-0.2, 0) is 9.53 Å². The Hall–Kier alpha value is -2.42. The molecule has 1 unspecified atom stereocenters. The van der Waals surface area contributed by atoms with Gasteiger partial charge in [0.1, 0.15) is 17.8 Å². The van der Waals surface area contributed by atoms with Crippen molar-refractivity contribution in [3.63, 3.8) is 0 Å². The summed E-state index contributed by atoms with van der Waals surface area (Å²) in [6.07, 6.45) is 2.35. The number of likely N-dealkylation sites (tertiary alicyclic amines) is 1. The summed E-state index contributed by atoms with van der Waals surface area (Å²) in [5.74, 6) is -0.689. The van der Waals surface area contributed by atoms with E-state index in [1.165, 1.54) is 18.1 Å². The molecular weight excluding hydrogens is 270 g/mol. The van der Waals surface area contributed by atoms with Gasteiger partial charge in [0.25, 0.3) is 5.91 Å². The molecule has 2 rings (SSSR count). The van der Waals surface area contributed by atoms with E-state index in [-0.39, 0.29) is 11.6 Å². The SMILES string of the molecule is COC(=O)C1CCCCN1C(=O)c1ccc(C#N)c(C)n1. The fourth-order valence-corrected chi connectivity index (χ4v) is 2.50. The molecule has 1 amide bonds. The van der Waals surface area contributed by atoms with Crippen molar-refractivity contribution < 1.29 is 14.3 Å². The molecule has 0 spiro atoms. The molecule has 1 atom stereocenters. The number of methoxy groups -OCH3 is 1. The third kappa shape index (κ3) is 3.02. The molecule has 0 aromatic carbocycles. The van der Waals surface area contributed by atoms with Crippen LogP contribution in [0, 0.1) is 18.3 Å². The van der Waals surface area contributed by atoms with Gasteiger partial charge in [0.15, 0.2) is 0 Å². The topological polar surface area (TPSA) is 83.3 Å². The number of hydrogen-bond acceptors (Lipinski definition) is 5. The molecule has 0 aliphatic carbocycles. The number of aromatic nitrogens is 1. The molecule has 1 aromatic rings. The first-order valence-electron chi connectivity index (χ1n) is 6.85. The third-order valence-corrected chi connectivity index (χ3v) is 3.66. The summed E-state index contributed by atoms with van der Waals surface area (Å²) in [6, 6.07) is 4.57. The predicted octanol–water partition coefficient (Wildman–Crippen LogP) is 1.43. The Morgan fingerprint density at radius 1 is 1.43 bits per heavy atom. The van der Waals surface area contributed by atoms with E-state index in [4.69, 9.17) is 10.00 Å². The molecule has 1 aromatic heterocycles. The number of esters is 1. The lowest BCUT2D eigenvalue weighted by molar-refractivity contribution is -0.147. The molecule has 0 N–H and O–H groups in total. The van der Waals surface area contributed by atoms with Crippen LogP contribution in [0.1, 0.15) is 41.0 Å². The maximum Gasteiger partial charge on any atom is 0.328 e. The zero-order valence-corrected chi connectivity index (χ0v) is 12.1. The molecule has 1 saturated heterocycles. The lowest BCUT2D eigenvalue weighted by Crippen LogP contribution is -2.48. The zero-order valence-electron chi connectivity index (χ0n) is 12.1. The lowest BCUT2D eigenvalue weighted by Gasteiger charge is -2.33. The summed E-state index contributed by atoms with van der Waals surface area (Å²) >= 11 is 0. The fourth-order valence-electron chi connectivity index (χ4n) is 2.50. The fraction of sp³-hybridized carbons (Fsp3) is 0.467. The first-order valence-corrected chi connectivity index (χ1v) is 6.85. The number of piperidine rings is 1. The van der Waals surface area contributed by atoms with Crippen LogP contribution in [0.4, 0.5) is 0 Å². The number of hydrogen-bond donors (Lipinski definition) is 0. The Bertz CT molecular complexity index is 607. The van der Waals surface area contributed by atoms with Gasteiger partial charge in [0.05, 0.1) is 18.4 Å². The molecule has 21 heavy (non-hydrogen) atoms. The van der Waals surface area contributed by atoms with Gasteiger partial charge in [-0.15, -0.1) is 0 Å². The number of rotatable bonds is 2. The van der Waals surface area contributed by atoms with Crippen molar-refractivity contribution in [3.05, 3.63) is 29.1 Å². The van der Waals surface area contributed by atoms with E-state index in [0.717, 1.165) is 12.8 Å². The average Bonchev–Trinajstić information content (AvgIpc) is 2.53. The van der Waals surface area contributed by atoms with Gasteiger partial charge >= 0.3 is 5.97 Å².